The van der Waals surface area contributed by atoms with Gasteiger partial charge in [-0.25, -0.2) is 0 Å². The van der Waals surface area contributed by atoms with E-state index in [9.17, 15) is 13.2 Å². The fourth-order valence-corrected chi connectivity index (χ4v) is 3.84. The van der Waals surface area contributed by atoms with Crippen molar-refractivity contribution in [3.63, 3.8) is 0 Å². The third-order valence-electron chi connectivity index (χ3n) is 5.64. The number of nitrogens with two attached hydrogens (primary N) is 1. The van der Waals surface area contributed by atoms with Crippen molar-refractivity contribution >= 4 is 11.3 Å². The second-order valence-electron chi connectivity index (χ2n) is 7.95. The van der Waals surface area contributed by atoms with E-state index in [1.54, 1.807) is 7.11 Å². The van der Waals surface area contributed by atoms with Gasteiger partial charge in [0.1, 0.15) is 11.5 Å². The van der Waals surface area contributed by atoms with Crippen molar-refractivity contribution in [2.45, 2.75) is 25.4 Å². The molecule has 2 aromatic carbocycles. The van der Waals surface area contributed by atoms with Crippen LogP contribution >= 0.6 is 0 Å². The Hall–Kier alpha value is -2.67. The second-order valence-corrected chi connectivity index (χ2v) is 7.95. The molecule has 2 aromatic rings. The number of ether oxygens (including phenoxy) is 2. The van der Waals surface area contributed by atoms with Crippen LogP contribution in [-0.4, -0.2) is 38.3 Å². The Bertz CT molecular complexity index is 881. The summed E-state index contributed by atoms with van der Waals surface area (Å²) in [5, 5.41) is 0. The number of alkyl halides is 3. The monoisotopic (exact) mass is 434 g/mol. The second kappa shape index (κ2) is 10.1. The first-order valence-corrected chi connectivity index (χ1v) is 10.4. The van der Waals surface area contributed by atoms with E-state index in [0.29, 0.717) is 24.0 Å². The Balaban J connectivity index is 1.48. The van der Waals surface area contributed by atoms with Crippen LogP contribution in [0.2, 0.25) is 0 Å². The number of methoxy groups -OCH3 is 1. The van der Waals surface area contributed by atoms with Crippen LogP contribution in [0.4, 0.5) is 18.9 Å². The molecule has 0 aliphatic carbocycles. The maximum Gasteiger partial charge on any atom is 0.416 e. The van der Waals surface area contributed by atoms with Gasteiger partial charge in [0, 0.05) is 30.3 Å². The zero-order chi connectivity index (χ0) is 22.4. The summed E-state index contributed by atoms with van der Waals surface area (Å²) in [4.78, 5) is 2.38. The van der Waals surface area contributed by atoms with Gasteiger partial charge in [0.05, 0.1) is 19.3 Å². The van der Waals surface area contributed by atoms with E-state index in [2.05, 4.69) is 11.5 Å². The third-order valence-corrected chi connectivity index (χ3v) is 5.64. The van der Waals surface area contributed by atoms with Gasteiger partial charge in [-0.15, -0.1) is 0 Å². The van der Waals surface area contributed by atoms with Gasteiger partial charge in [0.2, 0.25) is 0 Å². The Morgan fingerprint density at radius 2 is 1.87 bits per heavy atom. The highest BCUT2D eigenvalue weighted by molar-refractivity contribution is 5.74. The summed E-state index contributed by atoms with van der Waals surface area (Å²) in [6, 6.07) is 10.4. The van der Waals surface area contributed by atoms with Gasteiger partial charge in [0.25, 0.3) is 0 Å². The van der Waals surface area contributed by atoms with E-state index in [-0.39, 0.29) is 0 Å². The molecule has 0 aromatic heterocycles. The van der Waals surface area contributed by atoms with Crippen LogP contribution in [0.15, 0.2) is 49.0 Å². The molecular formula is C24H29F3N2O2. The highest BCUT2D eigenvalue weighted by Gasteiger charge is 2.30. The molecule has 4 nitrogen and oxygen atoms in total. The highest BCUT2D eigenvalue weighted by Crippen LogP contribution is 2.31. The number of benzene rings is 2. The molecule has 0 bridgehead atoms. The van der Waals surface area contributed by atoms with Crippen LogP contribution in [0, 0.1) is 5.92 Å². The molecule has 2 N–H and O–H groups in total. The molecule has 1 unspecified atom stereocenters. The smallest absolute Gasteiger partial charge is 0.416 e. The summed E-state index contributed by atoms with van der Waals surface area (Å²) in [5.74, 6) is 1.56. The number of rotatable bonds is 8. The van der Waals surface area contributed by atoms with Gasteiger partial charge in [-0.1, -0.05) is 6.58 Å². The number of nitrogens with zero attached hydrogens (tertiary/aromatic N) is 1. The number of piperidine rings is 1. The number of likely N-dealkylation sites (tertiary alicyclic amines) is 1. The first-order valence-electron chi connectivity index (χ1n) is 10.4. The first kappa shape index (κ1) is 23.0. The SMILES string of the molecule is C=C(CCN1CCCC(COc2ccc(C(F)(F)F)cc2)C1)c1cc(OC)ccc1N. The fraction of sp³-hybridized carbons (Fsp3) is 0.417. The Kier molecular flexibility index (Phi) is 7.49. The minimum Gasteiger partial charge on any atom is -0.497 e. The molecule has 0 radical (unpaired) electrons. The molecule has 1 aliphatic rings. The largest absolute Gasteiger partial charge is 0.497 e. The number of hydrogen-bond donors (Lipinski definition) is 1. The summed E-state index contributed by atoms with van der Waals surface area (Å²) in [6.07, 6.45) is -1.43. The summed E-state index contributed by atoms with van der Waals surface area (Å²) < 4.78 is 49.0. The average molecular weight is 435 g/mol. The predicted octanol–water partition coefficient (Wildman–Crippen LogP) is 5.49. The molecule has 31 heavy (non-hydrogen) atoms. The first-order chi connectivity index (χ1) is 14.8. The van der Waals surface area contributed by atoms with Crippen LogP contribution < -0.4 is 15.2 Å². The zero-order valence-corrected chi connectivity index (χ0v) is 17.8. The predicted molar refractivity (Wildman–Crippen MR) is 117 cm³/mol. The Morgan fingerprint density at radius 3 is 2.55 bits per heavy atom. The quantitative estimate of drug-likeness (QED) is 0.558. The van der Waals surface area contributed by atoms with E-state index >= 15 is 0 Å². The molecule has 3 rings (SSSR count). The van der Waals surface area contributed by atoms with Gasteiger partial charge in [-0.05, 0) is 73.8 Å². The van der Waals surface area contributed by atoms with Crippen molar-refractivity contribution in [3.05, 3.63) is 60.2 Å². The molecule has 1 aliphatic heterocycles. The molecule has 0 amide bonds. The summed E-state index contributed by atoms with van der Waals surface area (Å²) in [5.41, 5.74) is 8.00. The molecule has 168 valence electrons. The maximum absolute atomic E-state index is 12.7. The van der Waals surface area contributed by atoms with Gasteiger partial charge in [-0.3, -0.25) is 0 Å². The summed E-state index contributed by atoms with van der Waals surface area (Å²) in [6.45, 7) is 7.46. The molecule has 1 fully saturated rings. The molecule has 1 saturated heterocycles. The summed E-state index contributed by atoms with van der Waals surface area (Å²) in [7, 11) is 1.62. The molecule has 0 saturated carbocycles. The molecular weight excluding hydrogens is 405 g/mol. The maximum atomic E-state index is 12.7. The van der Waals surface area contributed by atoms with E-state index in [0.717, 1.165) is 67.9 Å². The minimum absolute atomic E-state index is 0.339. The average Bonchev–Trinajstić information content (AvgIpc) is 2.76. The lowest BCUT2D eigenvalue weighted by molar-refractivity contribution is -0.137. The lowest BCUT2D eigenvalue weighted by Gasteiger charge is -2.32. The van der Waals surface area contributed by atoms with Crippen LogP contribution in [0.25, 0.3) is 5.57 Å². The molecule has 0 spiro atoms. The van der Waals surface area contributed by atoms with E-state index in [1.807, 2.05) is 18.2 Å². The van der Waals surface area contributed by atoms with Crippen LogP contribution in [0.5, 0.6) is 11.5 Å². The fourth-order valence-electron chi connectivity index (χ4n) is 3.84. The van der Waals surface area contributed by atoms with E-state index in [4.69, 9.17) is 15.2 Å². The number of hydrogen-bond acceptors (Lipinski definition) is 4. The van der Waals surface area contributed by atoms with Crippen LogP contribution in [0.1, 0.15) is 30.4 Å². The highest BCUT2D eigenvalue weighted by atomic mass is 19.4. The number of anilines is 1. The molecule has 1 atom stereocenters. The minimum atomic E-state index is -4.33. The van der Waals surface area contributed by atoms with Crippen molar-refractivity contribution < 1.29 is 22.6 Å². The standard InChI is InChI=1S/C24H29F3N2O2/c1-17(22-14-21(30-2)9-10-23(22)28)11-13-29-12-3-4-18(15-29)16-31-20-7-5-19(6-8-20)24(25,26)27/h5-10,14,18H,1,3-4,11-13,15-16,28H2,2H3. The topological polar surface area (TPSA) is 47.7 Å². The number of nitrogen functional groups attached to an aromatic ring is 1. The third kappa shape index (κ3) is 6.40. The lowest BCUT2D eigenvalue weighted by Crippen LogP contribution is -2.38. The Labute approximate surface area is 181 Å². The van der Waals surface area contributed by atoms with Crippen molar-refractivity contribution in [1.82, 2.24) is 4.90 Å². The van der Waals surface area contributed by atoms with Crippen molar-refractivity contribution in [2.75, 3.05) is 39.1 Å². The van der Waals surface area contributed by atoms with Gasteiger partial charge in [0.15, 0.2) is 0 Å². The van der Waals surface area contributed by atoms with Gasteiger partial charge >= 0.3 is 6.18 Å². The van der Waals surface area contributed by atoms with Crippen molar-refractivity contribution in [3.8, 4) is 11.5 Å². The Morgan fingerprint density at radius 1 is 1.16 bits per heavy atom. The van der Waals surface area contributed by atoms with Gasteiger partial charge < -0.3 is 20.1 Å². The van der Waals surface area contributed by atoms with E-state index in [1.165, 1.54) is 12.1 Å². The molecule has 1 heterocycles. The summed E-state index contributed by atoms with van der Waals surface area (Å²) >= 11 is 0. The van der Waals surface area contributed by atoms with Crippen LogP contribution in [-0.2, 0) is 6.18 Å². The normalized spacial score (nSPS) is 17.4. The van der Waals surface area contributed by atoms with E-state index < -0.39 is 11.7 Å². The van der Waals surface area contributed by atoms with Crippen LogP contribution in [0.3, 0.4) is 0 Å². The molecule has 7 heteroatoms. The van der Waals surface area contributed by atoms with Crippen molar-refractivity contribution in [2.24, 2.45) is 5.92 Å². The van der Waals surface area contributed by atoms with Gasteiger partial charge in [-0.2, -0.15) is 13.2 Å². The zero-order valence-electron chi connectivity index (χ0n) is 17.8. The number of halogens is 3. The lowest BCUT2D eigenvalue weighted by atomic mass is 9.97. The van der Waals surface area contributed by atoms with Crippen molar-refractivity contribution in [1.29, 1.82) is 0 Å².